The Kier molecular flexibility index (Phi) is 2.87. The monoisotopic (exact) mass is 176 g/mol. The van der Waals surface area contributed by atoms with Crippen molar-refractivity contribution in [2.45, 2.75) is 0 Å². The molecule has 13 heavy (non-hydrogen) atoms. The van der Waals surface area contributed by atoms with Crippen LogP contribution in [0.4, 0.5) is 5.69 Å². The summed E-state index contributed by atoms with van der Waals surface area (Å²) in [5.41, 5.74) is 0.786. The number of nitrogens with one attached hydrogen (secondary N) is 1. The van der Waals surface area contributed by atoms with Crippen LogP contribution in [0.15, 0.2) is 18.2 Å². The van der Waals surface area contributed by atoms with E-state index in [1.165, 1.54) is 7.11 Å². The molecule has 66 valence electrons. The van der Waals surface area contributed by atoms with Crippen molar-refractivity contribution >= 4 is 12.1 Å². The maximum Gasteiger partial charge on any atom is 0.211 e. The fraction of sp³-hybridized carbons (Fsp3) is 0.111. The van der Waals surface area contributed by atoms with Crippen LogP contribution in [0.1, 0.15) is 5.56 Å². The summed E-state index contributed by atoms with van der Waals surface area (Å²) in [6, 6.07) is 6.92. The van der Waals surface area contributed by atoms with Crippen LogP contribution in [0, 0.1) is 11.3 Å². The van der Waals surface area contributed by atoms with Gasteiger partial charge in [-0.05, 0) is 12.1 Å². The minimum Gasteiger partial charge on any atom is -0.495 e. The lowest BCUT2D eigenvalue weighted by Crippen LogP contribution is -1.99. The molecule has 0 saturated carbocycles. The molecule has 0 bridgehead atoms. The molecule has 0 spiro atoms. The number of para-hydroxylation sites is 1. The predicted octanol–water partition coefficient (Wildman–Crippen LogP) is 1.14. The van der Waals surface area contributed by atoms with E-state index in [0.717, 1.165) is 0 Å². The number of amides is 1. The number of nitriles is 1. The first kappa shape index (κ1) is 9.07. The van der Waals surface area contributed by atoms with E-state index in [9.17, 15) is 4.79 Å². The zero-order valence-electron chi connectivity index (χ0n) is 7.07. The second kappa shape index (κ2) is 4.12. The van der Waals surface area contributed by atoms with Gasteiger partial charge in [0.1, 0.15) is 17.5 Å². The molecule has 0 fully saturated rings. The highest BCUT2D eigenvalue weighted by Crippen LogP contribution is 2.26. The summed E-state index contributed by atoms with van der Waals surface area (Å²) in [6.07, 6.45) is 0.513. The Labute approximate surface area is 75.7 Å². The standard InChI is InChI=1S/C9H8N2O2/c1-13-8-4-2-3-7(5-10)9(8)11-6-12/h2-4,6H,1H3,(H,11,12). The molecule has 0 atom stereocenters. The highest BCUT2D eigenvalue weighted by atomic mass is 16.5. The summed E-state index contributed by atoms with van der Waals surface area (Å²) in [7, 11) is 1.48. The molecule has 1 aromatic carbocycles. The number of carbonyl (C=O) groups excluding carboxylic acids is 1. The SMILES string of the molecule is COc1cccc(C#N)c1NC=O. The molecule has 1 rings (SSSR count). The van der Waals surface area contributed by atoms with Gasteiger partial charge in [0.05, 0.1) is 12.7 Å². The summed E-state index contributed by atoms with van der Waals surface area (Å²) < 4.78 is 4.97. The summed E-state index contributed by atoms with van der Waals surface area (Å²) >= 11 is 0. The van der Waals surface area contributed by atoms with E-state index in [-0.39, 0.29) is 0 Å². The third-order valence-corrected chi connectivity index (χ3v) is 1.57. The first-order valence-corrected chi connectivity index (χ1v) is 3.60. The van der Waals surface area contributed by atoms with Crippen molar-refractivity contribution in [2.75, 3.05) is 12.4 Å². The number of hydrogen-bond acceptors (Lipinski definition) is 3. The van der Waals surface area contributed by atoms with Crippen LogP contribution in [0.25, 0.3) is 0 Å². The topological polar surface area (TPSA) is 62.1 Å². The Balaban J connectivity index is 3.22. The number of carbonyl (C=O) groups is 1. The van der Waals surface area contributed by atoms with Gasteiger partial charge in [-0.15, -0.1) is 0 Å². The largest absolute Gasteiger partial charge is 0.495 e. The van der Waals surface area contributed by atoms with E-state index in [1.807, 2.05) is 6.07 Å². The van der Waals surface area contributed by atoms with E-state index in [0.29, 0.717) is 23.4 Å². The van der Waals surface area contributed by atoms with Gasteiger partial charge in [-0.2, -0.15) is 5.26 Å². The predicted molar refractivity (Wildman–Crippen MR) is 47.4 cm³/mol. The van der Waals surface area contributed by atoms with Gasteiger partial charge in [-0.3, -0.25) is 4.79 Å². The Morgan fingerprint density at radius 1 is 1.62 bits per heavy atom. The van der Waals surface area contributed by atoms with Gasteiger partial charge >= 0.3 is 0 Å². The summed E-state index contributed by atoms with van der Waals surface area (Å²) in [5, 5.41) is 11.1. The van der Waals surface area contributed by atoms with Crippen LogP contribution in [-0.2, 0) is 4.79 Å². The van der Waals surface area contributed by atoms with E-state index in [1.54, 1.807) is 18.2 Å². The van der Waals surface area contributed by atoms with Crippen molar-refractivity contribution in [1.29, 1.82) is 5.26 Å². The first-order valence-electron chi connectivity index (χ1n) is 3.60. The van der Waals surface area contributed by atoms with Crippen molar-refractivity contribution in [3.05, 3.63) is 23.8 Å². The molecule has 0 unspecified atom stereocenters. The van der Waals surface area contributed by atoms with Gasteiger partial charge in [0.15, 0.2) is 0 Å². The van der Waals surface area contributed by atoms with Crippen LogP contribution in [0.2, 0.25) is 0 Å². The molecular weight excluding hydrogens is 168 g/mol. The van der Waals surface area contributed by atoms with Crippen molar-refractivity contribution in [2.24, 2.45) is 0 Å². The molecule has 1 aromatic rings. The molecule has 0 aliphatic heterocycles. The maximum absolute atomic E-state index is 10.2. The molecule has 0 aromatic heterocycles. The second-order valence-electron chi connectivity index (χ2n) is 2.26. The zero-order valence-corrected chi connectivity index (χ0v) is 7.07. The number of benzene rings is 1. The molecule has 4 nitrogen and oxygen atoms in total. The van der Waals surface area contributed by atoms with Gasteiger partial charge in [0.25, 0.3) is 0 Å². The first-order chi connectivity index (χ1) is 6.33. The van der Waals surface area contributed by atoms with Crippen molar-refractivity contribution in [3.63, 3.8) is 0 Å². The minimum atomic E-state index is 0.381. The lowest BCUT2D eigenvalue weighted by molar-refractivity contribution is -0.105. The van der Waals surface area contributed by atoms with Crippen molar-refractivity contribution in [3.8, 4) is 11.8 Å². The summed E-state index contributed by atoms with van der Waals surface area (Å²) in [5.74, 6) is 0.478. The molecule has 0 radical (unpaired) electrons. The minimum absolute atomic E-state index is 0.381. The fourth-order valence-electron chi connectivity index (χ4n) is 1.00. The fourth-order valence-corrected chi connectivity index (χ4v) is 1.00. The smallest absolute Gasteiger partial charge is 0.211 e. The Hall–Kier alpha value is -2.02. The summed E-state index contributed by atoms with van der Waals surface area (Å²) in [6.45, 7) is 0. The Morgan fingerprint density at radius 3 is 2.92 bits per heavy atom. The molecule has 4 heteroatoms. The highest BCUT2D eigenvalue weighted by Gasteiger charge is 2.06. The second-order valence-corrected chi connectivity index (χ2v) is 2.26. The number of nitrogens with zero attached hydrogens (tertiary/aromatic N) is 1. The van der Waals surface area contributed by atoms with E-state index >= 15 is 0 Å². The lowest BCUT2D eigenvalue weighted by atomic mass is 10.2. The Morgan fingerprint density at radius 2 is 2.38 bits per heavy atom. The van der Waals surface area contributed by atoms with Crippen LogP contribution < -0.4 is 10.1 Å². The molecule has 0 saturated heterocycles. The van der Waals surface area contributed by atoms with Crippen molar-refractivity contribution < 1.29 is 9.53 Å². The van der Waals surface area contributed by atoms with Gasteiger partial charge in [-0.1, -0.05) is 6.07 Å². The van der Waals surface area contributed by atoms with Gasteiger partial charge < -0.3 is 10.1 Å². The number of ether oxygens (including phenoxy) is 1. The lowest BCUT2D eigenvalue weighted by Gasteiger charge is -2.07. The van der Waals surface area contributed by atoms with E-state index in [4.69, 9.17) is 10.00 Å². The average molecular weight is 176 g/mol. The maximum atomic E-state index is 10.2. The number of anilines is 1. The van der Waals surface area contributed by atoms with Crippen LogP contribution in [-0.4, -0.2) is 13.5 Å². The normalized spacial score (nSPS) is 8.62. The molecule has 1 N–H and O–H groups in total. The molecular formula is C9H8N2O2. The highest BCUT2D eigenvalue weighted by molar-refractivity contribution is 5.79. The molecule has 1 amide bonds. The molecule has 0 aliphatic carbocycles. The van der Waals surface area contributed by atoms with Gasteiger partial charge in [-0.25, -0.2) is 0 Å². The van der Waals surface area contributed by atoms with E-state index in [2.05, 4.69) is 5.32 Å². The third-order valence-electron chi connectivity index (χ3n) is 1.57. The van der Waals surface area contributed by atoms with E-state index < -0.39 is 0 Å². The Bertz CT molecular complexity index is 355. The van der Waals surface area contributed by atoms with Gasteiger partial charge in [0.2, 0.25) is 6.41 Å². The molecule has 0 heterocycles. The third kappa shape index (κ3) is 1.76. The van der Waals surface area contributed by atoms with Crippen LogP contribution in [0.3, 0.4) is 0 Å². The summed E-state index contributed by atoms with van der Waals surface area (Å²) in [4.78, 5) is 10.2. The van der Waals surface area contributed by atoms with Crippen molar-refractivity contribution in [1.82, 2.24) is 0 Å². The zero-order chi connectivity index (χ0) is 9.68. The number of rotatable bonds is 3. The number of hydrogen-bond donors (Lipinski definition) is 1. The quantitative estimate of drug-likeness (QED) is 0.702. The average Bonchev–Trinajstić information content (AvgIpc) is 2.18. The number of methoxy groups -OCH3 is 1. The van der Waals surface area contributed by atoms with Crippen LogP contribution in [0.5, 0.6) is 5.75 Å². The van der Waals surface area contributed by atoms with Crippen LogP contribution >= 0.6 is 0 Å². The molecule has 0 aliphatic rings. The van der Waals surface area contributed by atoms with Gasteiger partial charge in [0, 0.05) is 0 Å².